The quantitative estimate of drug-likeness (QED) is 0.609. The van der Waals surface area contributed by atoms with E-state index in [2.05, 4.69) is 0 Å². The minimum absolute atomic E-state index is 0.0546. The van der Waals surface area contributed by atoms with Gasteiger partial charge in [0.1, 0.15) is 11.4 Å². The standard InChI is InChI=1S/C18H24N2O5/c1-3-24-17(21)19(2)12-15-14-11-13(20(22)23)7-8-16(14)25-18(15)9-5-4-6-10-18/h7-8,11,15H,3-6,9-10,12H2,1-2H3. The second kappa shape index (κ2) is 6.90. The first-order chi connectivity index (χ1) is 12.0. The molecule has 1 aromatic rings. The van der Waals surface area contributed by atoms with Crippen molar-refractivity contribution in [3.63, 3.8) is 0 Å². The molecule has 1 aromatic carbocycles. The van der Waals surface area contributed by atoms with Crippen LogP contribution in [-0.4, -0.2) is 41.7 Å². The molecule has 1 spiro atoms. The predicted molar refractivity (Wildman–Crippen MR) is 91.9 cm³/mol. The van der Waals surface area contributed by atoms with Gasteiger partial charge in [-0.2, -0.15) is 0 Å². The highest BCUT2D eigenvalue weighted by molar-refractivity contribution is 5.67. The maximum atomic E-state index is 12.0. The summed E-state index contributed by atoms with van der Waals surface area (Å²) in [6.07, 6.45) is 4.72. The van der Waals surface area contributed by atoms with Crippen molar-refractivity contribution in [2.45, 2.75) is 50.5 Å². The van der Waals surface area contributed by atoms with Crippen molar-refractivity contribution < 1.29 is 19.2 Å². The molecule has 2 aliphatic rings. The van der Waals surface area contributed by atoms with Crippen LogP contribution in [-0.2, 0) is 4.74 Å². The third-order valence-electron chi connectivity index (χ3n) is 5.26. The summed E-state index contributed by atoms with van der Waals surface area (Å²) in [6, 6.07) is 4.77. The summed E-state index contributed by atoms with van der Waals surface area (Å²) >= 11 is 0. The topological polar surface area (TPSA) is 81.9 Å². The molecule has 25 heavy (non-hydrogen) atoms. The maximum absolute atomic E-state index is 12.0. The third kappa shape index (κ3) is 3.27. The van der Waals surface area contributed by atoms with Gasteiger partial charge in [0.2, 0.25) is 0 Å². The lowest BCUT2D eigenvalue weighted by atomic mass is 9.74. The minimum atomic E-state index is -0.391. The van der Waals surface area contributed by atoms with Crippen LogP contribution in [0.25, 0.3) is 0 Å². The zero-order chi connectivity index (χ0) is 18.0. The van der Waals surface area contributed by atoms with Gasteiger partial charge in [-0.05, 0) is 38.7 Å². The molecule has 1 saturated carbocycles. The SMILES string of the molecule is CCOC(=O)N(C)CC1c2cc([N+](=O)[O-])ccc2OC12CCCCC2. The number of ether oxygens (including phenoxy) is 2. The van der Waals surface area contributed by atoms with Crippen molar-refractivity contribution in [1.82, 2.24) is 4.90 Å². The predicted octanol–water partition coefficient (Wildman–Crippen LogP) is 3.86. The van der Waals surface area contributed by atoms with Gasteiger partial charge in [-0.25, -0.2) is 4.79 Å². The molecule has 1 amide bonds. The van der Waals surface area contributed by atoms with Gasteiger partial charge in [0, 0.05) is 37.2 Å². The van der Waals surface area contributed by atoms with Crippen molar-refractivity contribution in [2.24, 2.45) is 0 Å². The lowest BCUT2D eigenvalue weighted by Gasteiger charge is -2.39. The number of nitro groups is 1. The molecule has 0 radical (unpaired) electrons. The van der Waals surface area contributed by atoms with E-state index in [1.54, 1.807) is 31.0 Å². The summed E-state index contributed by atoms with van der Waals surface area (Å²) < 4.78 is 11.4. The van der Waals surface area contributed by atoms with Crippen LogP contribution in [0.3, 0.4) is 0 Å². The third-order valence-corrected chi connectivity index (χ3v) is 5.26. The fourth-order valence-electron chi connectivity index (χ4n) is 4.04. The number of likely N-dealkylation sites (N-methyl/N-ethyl adjacent to an activating group) is 1. The Bertz CT molecular complexity index is 669. The molecule has 0 aromatic heterocycles. The lowest BCUT2D eigenvalue weighted by Crippen LogP contribution is -2.45. The van der Waals surface area contributed by atoms with Crippen LogP contribution in [0, 0.1) is 10.1 Å². The average Bonchev–Trinajstić information content (AvgIpc) is 2.88. The summed E-state index contributed by atoms with van der Waals surface area (Å²) in [7, 11) is 1.70. The van der Waals surface area contributed by atoms with Crippen molar-refractivity contribution >= 4 is 11.8 Å². The Morgan fingerprint density at radius 2 is 2.12 bits per heavy atom. The molecule has 7 heteroatoms. The molecule has 0 N–H and O–H groups in total. The van der Waals surface area contributed by atoms with Crippen molar-refractivity contribution in [1.29, 1.82) is 0 Å². The number of hydrogen-bond acceptors (Lipinski definition) is 5. The van der Waals surface area contributed by atoms with Gasteiger partial charge in [0.15, 0.2) is 0 Å². The Balaban J connectivity index is 1.93. The molecule has 7 nitrogen and oxygen atoms in total. The van der Waals surface area contributed by atoms with Gasteiger partial charge >= 0.3 is 6.09 Å². The molecule has 1 atom stereocenters. The Hall–Kier alpha value is -2.31. The number of amides is 1. The Morgan fingerprint density at radius 3 is 2.76 bits per heavy atom. The summed E-state index contributed by atoms with van der Waals surface area (Å²) in [6.45, 7) is 2.51. The number of carbonyl (C=O) groups excluding carboxylic acids is 1. The second-order valence-corrected chi connectivity index (χ2v) is 6.84. The van der Waals surface area contributed by atoms with Crippen LogP contribution in [0.15, 0.2) is 18.2 Å². The maximum Gasteiger partial charge on any atom is 0.409 e. The number of fused-ring (bicyclic) bond motifs is 1. The Morgan fingerprint density at radius 1 is 1.40 bits per heavy atom. The molecular weight excluding hydrogens is 324 g/mol. The zero-order valence-corrected chi connectivity index (χ0v) is 14.7. The van der Waals surface area contributed by atoms with E-state index >= 15 is 0 Å². The highest BCUT2D eigenvalue weighted by Gasteiger charge is 2.49. The number of non-ortho nitro benzene ring substituents is 1. The lowest BCUT2D eigenvalue weighted by molar-refractivity contribution is -0.384. The summed E-state index contributed by atoms with van der Waals surface area (Å²) in [5, 5.41) is 11.2. The fraction of sp³-hybridized carbons (Fsp3) is 0.611. The largest absolute Gasteiger partial charge is 0.486 e. The van der Waals surface area contributed by atoms with E-state index < -0.39 is 4.92 Å². The molecule has 3 rings (SSSR count). The van der Waals surface area contributed by atoms with Crippen molar-refractivity contribution in [3.8, 4) is 5.75 Å². The Kier molecular flexibility index (Phi) is 4.83. The van der Waals surface area contributed by atoms with Gasteiger partial charge in [0.25, 0.3) is 5.69 Å². The van der Waals surface area contributed by atoms with Crippen LogP contribution in [0.2, 0.25) is 0 Å². The molecule has 0 saturated heterocycles. The number of nitro benzene ring substituents is 1. The number of benzene rings is 1. The van der Waals surface area contributed by atoms with Crippen LogP contribution in [0.4, 0.5) is 10.5 Å². The molecule has 1 unspecified atom stereocenters. The molecule has 1 aliphatic carbocycles. The van der Waals surface area contributed by atoms with Crippen LogP contribution in [0.1, 0.15) is 50.5 Å². The average molecular weight is 348 g/mol. The smallest absolute Gasteiger partial charge is 0.409 e. The first-order valence-corrected chi connectivity index (χ1v) is 8.82. The highest BCUT2D eigenvalue weighted by Crippen LogP contribution is 2.52. The zero-order valence-electron chi connectivity index (χ0n) is 14.7. The molecule has 1 aliphatic heterocycles. The van der Waals surface area contributed by atoms with E-state index in [0.29, 0.717) is 18.9 Å². The van der Waals surface area contributed by atoms with Gasteiger partial charge in [0.05, 0.1) is 11.5 Å². The van der Waals surface area contributed by atoms with E-state index in [-0.39, 0.29) is 23.3 Å². The molecule has 1 heterocycles. The van der Waals surface area contributed by atoms with Crippen LogP contribution < -0.4 is 4.74 Å². The van der Waals surface area contributed by atoms with E-state index in [1.807, 2.05) is 0 Å². The van der Waals surface area contributed by atoms with Crippen molar-refractivity contribution in [3.05, 3.63) is 33.9 Å². The van der Waals surface area contributed by atoms with Gasteiger partial charge < -0.3 is 14.4 Å². The number of carbonyl (C=O) groups is 1. The van der Waals surface area contributed by atoms with Gasteiger partial charge in [-0.15, -0.1) is 0 Å². The van der Waals surface area contributed by atoms with Crippen molar-refractivity contribution in [2.75, 3.05) is 20.2 Å². The number of rotatable bonds is 4. The first-order valence-electron chi connectivity index (χ1n) is 8.82. The highest BCUT2D eigenvalue weighted by atomic mass is 16.6. The molecular formula is C18H24N2O5. The van der Waals surface area contributed by atoms with Gasteiger partial charge in [-0.3, -0.25) is 10.1 Å². The first kappa shape index (κ1) is 17.5. The summed E-state index contributed by atoms with van der Waals surface area (Å²) in [4.78, 5) is 24.4. The van der Waals surface area contributed by atoms with Gasteiger partial charge in [-0.1, -0.05) is 6.42 Å². The molecule has 136 valence electrons. The normalized spacial score (nSPS) is 20.6. The summed E-state index contributed by atoms with van der Waals surface area (Å²) in [5.41, 5.74) is 0.502. The van der Waals surface area contributed by atoms with E-state index in [4.69, 9.17) is 9.47 Å². The molecule has 0 bridgehead atoms. The monoisotopic (exact) mass is 348 g/mol. The minimum Gasteiger partial charge on any atom is -0.486 e. The molecule has 1 fully saturated rings. The second-order valence-electron chi connectivity index (χ2n) is 6.84. The van der Waals surface area contributed by atoms with E-state index in [0.717, 1.165) is 31.2 Å². The van der Waals surface area contributed by atoms with E-state index in [9.17, 15) is 14.9 Å². The fourth-order valence-corrected chi connectivity index (χ4v) is 4.04. The van der Waals surface area contributed by atoms with E-state index in [1.165, 1.54) is 12.5 Å². The van der Waals surface area contributed by atoms with Crippen LogP contribution >= 0.6 is 0 Å². The van der Waals surface area contributed by atoms with Crippen LogP contribution in [0.5, 0.6) is 5.75 Å². The summed E-state index contributed by atoms with van der Waals surface area (Å²) in [5.74, 6) is 0.617. The number of hydrogen-bond donors (Lipinski definition) is 0. The number of nitrogens with zero attached hydrogens (tertiary/aromatic N) is 2. The Labute approximate surface area is 147 Å².